The highest BCUT2D eigenvalue weighted by Gasteiger charge is 2.22. The third-order valence-corrected chi connectivity index (χ3v) is 5.90. The van der Waals surface area contributed by atoms with Crippen molar-refractivity contribution in [2.75, 3.05) is 26.2 Å². The normalized spacial score (nSPS) is 17.3. The molecule has 1 amide bonds. The smallest absolute Gasteiger partial charge is 0.227 e. The van der Waals surface area contributed by atoms with Crippen LogP contribution in [0.4, 0.5) is 0 Å². The molecule has 1 fully saturated rings. The Kier molecular flexibility index (Phi) is 5.07. The highest BCUT2D eigenvalue weighted by Crippen LogP contribution is 2.23. The maximum Gasteiger partial charge on any atom is 0.227 e. The number of benzene rings is 2. The molecule has 3 nitrogen and oxygen atoms in total. The predicted molar refractivity (Wildman–Crippen MR) is 105 cm³/mol. The Labute approximate surface area is 156 Å². The Bertz CT molecular complexity index is 791. The van der Waals surface area contributed by atoms with Crippen LogP contribution in [0.2, 0.25) is 0 Å². The monoisotopic (exact) mass is 348 g/mol. The lowest BCUT2D eigenvalue weighted by Crippen LogP contribution is -2.48. The molecule has 0 bridgehead atoms. The number of nitrogens with zero attached hydrogens (tertiary/aromatic N) is 2. The SMILES string of the molecule is Cc1ccccc1CN1CCN(C(=O)Cc2ccc3c(c2)CCC3)CC1. The number of aryl methyl sites for hydroxylation is 3. The summed E-state index contributed by atoms with van der Waals surface area (Å²) in [5.41, 5.74) is 6.86. The Hall–Kier alpha value is -2.13. The third kappa shape index (κ3) is 3.83. The van der Waals surface area contributed by atoms with Gasteiger partial charge in [-0.3, -0.25) is 9.69 Å². The Balaban J connectivity index is 1.30. The van der Waals surface area contributed by atoms with Gasteiger partial charge in [0.05, 0.1) is 6.42 Å². The van der Waals surface area contributed by atoms with Crippen molar-refractivity contribution >= 4 is 5.91 Å². The number of hydrogen-bond acceptors (Lipinski definition) is 2. The van der Waals surface area contributed by atoms with E-state index in [4.69, 9.17) is 0 Å². The summed E-state index contributed by atoms with van der Waals surface area (Å²) in [6, 6.07) is 15.2. The molecule has 0 saturated carbocycles. The van der Waals surface area contributed by atoms with Crippen LogP contribution in [0.15, 0.2) is 42.5 Å². The summed E-state index contributed by atoms with van der Waals surface area (Å²) in [4.78, 5) is 17.2. The highest BCUT2D eigenvalue weighted by atomic mass is 16.2. The van der Waals surface area contributed by atoms with Gasteiger partial charge < -0.3 is 4.90 Å². The summed E-state index contributed by atoms with van der Waals surface area (Å²) in [7, 11) is 0. The number of piperazine rings is 1. The molecule has 136 valence electrons. The molecule has 1 saturated heterocycles. The van der Waals surface area contributed by atoms with E-state index in [2.05, 4.69) is 54.3 Å². The second-order valence-corrected chi connectivity index (χ2v) is 7.72. The average Bonchev–Trinajstić information content (AvgIpc) is 3.12. The molecular formula is C23H28N2O. The lowest BCUT2D eigenvalue weighted by atomic mass is 10.0. The molecule has 1 aliphatic carbocycles. The van der Waals surface area contributed by atoms with Gasteiger partial charge in [-0.2, -0.15) is 0 Å². The van der Waals surface area contributed by atoms with Crippen LogP contribution in [0.5, 0.6) is 0 Å². The van der Waals surface area contributed by atoms with Gasteiger partial charge in [0.2, 0.25) is 5.91 Å². The van der Waals surface area contributed by atoms with Crippen LogP contribution in [0.3, 0.4) is 0 Å². The minimum absolute atomic E-state index is 0.276. The van der Waals surface area contributed by atoms with Crippen molar-refractivity contribution in [2.45, 2.75) is 39.2 Å². The molecule has 2 aromatic rings. The molecule has 4 rings (SSSR count). The molecule has 0 radical (unpaired) electrons. The second-order valence-electron chi connectivity index (χ2n) is 7.72. The zero-order valence-corrected chi connectivity index (χ0v) is 15.7. The van der Waals surface area contributed by atoms with Crippen LogP contribution >= 0.6 is 0 Å². The zero-order valence-electron chi connectivity index (χ0n) is 15.7. The van der Waals surface area contributed by atoms with E-state index >= 15 is 0 Å². The van der Waals surface area contributed by atoms with Gasteiger partial charge in [0.15, 0.2) is 0 Å². The van der Waals surface area contributed by atoms with Gasteiger partial charge in [0.25, 0.3) is 0 Å². The molecule has 0 spiro atoms. The number of hydrogen-bond donors (Lipinski definition) is 0. The van der Waals surface area contributed by atoms with Crippen molar-refractivity contribution in [1.29, 1.82) is 0 Å². The van der Waals surface area contributed by atoms with Crippen LogP contribution < -0.4 is 0 Å². The van der Waals surface area contributed by atoms with E-state index in [1.807, 2.05) is 4.90 Å². The van der Waals surface area contributed by atoms with Crippen molar-refractivity contribution in [3.63, 3.8) is 0 Å². The van der Waals surface area contributed by atoms with Gasteiger partial charge in [-0.05, 0) is 54.0 Å². The first-order valence-electron chi connectivity index (χ1n) is 9.84. The number of amides is 1. The molecule has 1 aliphatic heterocycles. The number of rotatable bonds is 4. The summed E-state index contributed by atoms with van der Waals surface area (Å²) >= 11 is 0. The fraction of sp³-hybridized carbons (Fsp3) is 0.435. The quantitative estimate of drug-likeness (QED) is 0.846. The summed E-state index contributed by atoms with van der Waals surface area (Å²) in [5, 5.41) is 0. The summed E-state index contributed by atoms with van der Waals surface area (Å²) in [6.07, 6.45) is 4.18. The predicted octanol–water partition coefficient (Wildman–Crippen LogP) is 3.37. The summed E-state index contributed by atoms with van der Waals surface area (Å²) in [6.45, 7) is 6.77. The molecule has 26 heavy (non-hydrogen) atoms. The van der Waals surface area contributed by atoms with Gasteiger partial charge in [0, 0.05) is 32.7 Å². The lowest BCUT2D eigenvalue weighted by molar-refractivity contribution is -0.132. The molecule has 0 aromatic heterocycles. The van der Waals surface area contributed by atoms with Gasteiger partial charge in [-0.25, -0.2) is 0 Å². The molecule has 0 atom stereocenters. The maximum absolute atomic E-state index is 12.7. The number of carbonyl (C=O) groups excluding carboxylic acids is 1. The molecule has 3 heteroatoms. The Morgan fingerprint density at radius 1 is 0.962 bits per heavy atom. The summed E-state index contributed by atoms with van der Waals surface area (Å²) < 4.78 is 0. The molecule has 0 unspecified atom stereocenters. The first-order valence-corrected chi connectivity index (χ1v) is 9.84. The Morgan fingerprint density at radius 3 is 2.54 bits per heavy atom. The van der Waals surface area contributed by atoms with Crippen molar-refractivity contribution < 1.29 is 4.79 Å². The van der Waals surface area contributed by atoms with E-state index in [9.17, 15) is 4.79 Å². The average molecular weight is 348 g/mol. The van der Waals surface area contributed by atoms with Crippen LogP contribution in [-0.4, -0.2) is 41.9 Å². The first kappa shape index (κ1) is 17.3. The van der Waals surface area contributed by atoms with Gasteiger partial charge in [-0.15, -0.1) is 0 Å². The molecule has 1 heterocycles. The standard InChI is InChI=1S/C23H28N2O/c1-18-5-2-3-6-22(18)17-24-11-13-25(14-12-24)23(26)16-19-9-10-20-7-4-8-21(20)15-19/h2-3,5-6,9-10,15H,4,7-8,11-14,16-17H2,1H3. The van der Waals surface area contributed by atoms with Crippen molar-refractivity contribution in [3.05, 3.63) is 70.3 Å². The van der Waals surface area contributed by atoms with Crippen molar-refractivity contribution in [1.82, 2.24) is 9.80 Å². The minimum atomic E-state index is 0.276. The molecule has 0 N–H and O–H groups in total. The van der Waals surface area contributed by atoms with E-state index in [0.29, 0.717) is 6.42 Å². The van der Waals surface area contributed by atoms with Crippen LogP contribution in [0.25, 0.3) is 0 Å². The van der Waals surface area contributed by atoms with E-state index in [0.717, 1.165) is 32.7 Å². The van der Waals surface area contributed by atoms with Crippen molar-refractivity contribution in [3.8, 4) is 0 Å². The van der Waals surface area contributed by atoms with Crippen LogP contribution in [-0.2, 0) is 30.6 Å². The van der Waals surface area contributed by atoms with E-state index in [1.165, 1.54) is 47.1 Å². The first-order chi connectivity index (χ1) is 12.7. The minimum Gasteiger partial charge on any atom is -0.340 e. The second kappa shape index (κ2) is 7.63. The Morgan fingerprint density at radius 2 is 1.73 bits per heavy atom. The van der Waals surface area contributed by atoms with E-state index in [1.54, 1.807) is 0 Å². The topological polar surface area (TPSA) is 23.6 Å². The third-order valence-electron chi connectivity index (χ3n) is 5.90. The number of carbonyl (C=O) groups is 1. The summed E-state index contributed by atoms with van der Waals surface area (Å²) in [5.74, 6) is 0.276. The van der Waals surface area contributed by atoms with Gasteiger partial charge >= 0.3 is 0 Å². The van der Waals surface area contributed by atoms with Crippen LogP contribution in [0, 0.1) is 6.92 Å². The van der Waals surface area contributed by atoms with Gasteiger partial charge in [-0.1, -0.05) is 42.5 Å². The van der Waals surface area contributed by atoms with E-state index < -0.39 is 0 Å². The zero-order chi connectivity index (χ0) is 17.9. The highest BCUT2D eigenvalue weighted by molar-refractivity contribution is 5.79. The van der Waals surface area contributed by atoms with Crippen LogP contribution in [0.1, 0.15) is 34.2 Å². The van der Waals surface area contributed by atoms with E-state index in [-0.39, 0.29) is 5.91 Å². The molecule has 2 aromatic carbocycles. The van der Waals surface area contributed by atoms with Crippen molar-refractivity contribution in [2.24, 2.45) is 0 Å². The molecule has 2 aliphatic rings. The number of fused-ring (bicyclic) bond motifs is 1. The lowest BCUT2D eigenvalue weighted by Gasteiger charge is -2.35. The fourth-order valence-corrected chi connectivity index (χ4v) is 4.21. The molecular weight excluding hydrogens is 320 g/mol. The fourth-order valence-electron chi connectivity index (χ4n) is 4.21. The maximum atomic E-state index is 12.7. The largest absolute Gasteiger partial charge is 0.340 e. The van der Waals surface area contributed by atoms with Gasteiger partial charge in [0.1, 0.15) is 0 Å².